The standard InChI is InChI=1S/C32H44BNO8/c1-4-8-21(15-22-13-19(2)30(38)20(3)14-22)10-11-26-28-23(18-35)16-24-29(25(28)17-33(41)42-26)32(40)34(31(24)39)12-7-5-6-9-27(36)37/h13-15,24-26,29,35,38,41H,4-12,16-18H2,1-3H3,(H,36,37)/b21-15+/t24-,25+,26-,29-/m1/s1. The first-order chi connectivity index (χ1) is 20.0. The number of unbranched alkanes of at least 4 members (excludes halogenated alkanes) is 2. The van der Waals surface area contributed by atoms with Crippen molar-refractivity contribution in [2.75, 3.05) is 13.2 Å². The van der Waals surface area contributed by atoms with Crippen molar-refractivity contribution < 1.29 is 39.4 Å². The molecule has 2 saturated heterocycles. The molecule has 2 fully saturated rings. The van der Waals surface area contributed by atoms with Gasteiger partial charge in [-0.1, -0.05) is 31.4 Å². The highest BCUT2D eigenvalue weighted by molar-refractivity contribution is 6.43. The molecule has 1 aromatic carbocycles. The van der Waals surface area contributed by atoms with Crippen molar-refractivity contribution in [2.45, 2.75) is 91.0 Å². The van der Waals surface area contributed by atoms with E-state index in [0.29, 0.717) is 44.3 Å². The fraction of sp³-hybridized carbons (Fsp3) is 0.594. The largest absolute Gasteiger partial charge is 0.507 e. The Hall–Kier alpha value is -2.95. The highest BCUT2D eigenvalue weighted by Gasteiger charge is 2.57. The van der Waals surface area contributed by atoms with Gasteiger partial charge in [-0.2, -0.15) is 0 Å². The Morgan fingerprint density at radius 3 is 2.43 bits per heavy atom. The van der Waals surface area contributed by atoms with Gasteiger partial charge < -0.3 is 25.0 Å². The summed E-state index contributed by atoms with van der Waals surface area (Å²) in [7, 11) is -1.07. The van der Waals surface area contributed by atoms with Crippen LogP contribution in [-0.2, 0) is 19.0 Å². The number of hydrogen-bond acceptors (Lipinski definition) is 7. The van der Waals surface area contributed by atoms with E-state index < -0.39 is 31.0 Å². The number of allylic oxidation sites excluding steroid dienone is 1. The fourth-order valence-corrected chi connectivity index (χ4v) is 7.13. The second-order valence-corrected chi connectivity index (χ2v) is 12.1. The Morgan fingerprint density at radius 1 is 1.07 bits per heavy atom. The van der Waals surface area contributed by atoms with Crippen molar-refractivity contribution in [1.29, 1.82) is 0 Å². The molecule has 2 aliphatic heterocycles. The van der Waals surface area contributed by atoms with Gasteiger partial charge in [-0.05, 0) is 105 Å². The van der Waals surface area contributed by atoms with Crippen molar-refractivity contribution in [3.8, 4) is 5.75 Å². The lowest BCUT2D eigenvalue weighted by Crippen LogP contribution is -2.46. The number of phenolic OH excluding ortho intramolecular Hbond substituents is 1. The molecule has 1 aliphatic carbocycles. The van der Waals surface area contributed by atoms with E-state index in [9.17, 15) is 29.6 Å². The summed E-state index contributed by atoms with van der Waals surface area (Å²) in [4.78, 5) is 39.0. The topological polar surface area (TPSA) is 145 Å². The zero-order valence-electron chi connectivity index (χ0n) is 25.0. The maximum atomic E-state index is 13.6. The van der Waals surface area contributed by atoms with E-state index in [1.807, 2.05) is 26.0 Å². The molecule has 4 rings (SSSR count). The summed E-state index contributed by atoms with van der Waals surface area (Å²) < 4.78 is 6.04. The normalized spacial score (nSPS) is 24.4. The number of aliphatic hydroxyl groups excluding tert-OH is 1. The number of rotatable bonds is 13. The molecule has 228 valence electrons. The lowest BCUT2D eigenvalue weighted by atomic mass is 9.58. The van der Waals surface area contributed by atoms with E-state index in [1.54, 1.807) is 0 Å². The maximum Gasteiger partial charge on any atom is 0.455 e. The van der Waals surface area contributed by atoms with Crippen molar-refractivity contribution in [3.63, 3.8) is 0 Å². The molecule has 4 atom stereocenters. The van der Waals surface area contributed by atoms with Gasteiger partial charge in [0, 0.05) is 13.0 Å². The highest BCUT2D eigenvalue weighted by Crippen LogP contribution is 2.50. The Balaban J connectivity index is 1.52. The molecular formula is C32H44BNO8. The Morgan fingerprint density at radius 2 is 1.79 bits per heavy atom. The molecule has 42 heavy (non-hydrogen) atoms. The smallest absolute Gasteiger partial charge is 0.455 e. The third kappa shape index (κ3) is 6.98. The van der Waals surface area contributed by atoms with Crippen LogP contribution in [0.3, 0.4) is 0 Å². The predicted octanol–water partition coefficient (Wildman–Crippen LogP) is 4.41. The molecule has 0 spiro atoms. The molecule has 2 heterocycles. The minimum Gasteiger partial charge on any atom is -0.507 e. The van der Waals surface area contributed by atoms with Crippen molar-refractivity contribution >= 4 is 31.0 Å². The number of nitrogens with zero attached hydrogens (tertiary/aromatic N) is 1. The number of carbonyl (C=O) groups is 3. The van der Waals surface area contributed by atoms with Crippen LogP contribution in [0.1, 0.15) is 81.4 Å². The summed E-state index contributed by atoms with van der Waals surface area (Å²) in [5.41, 5.74) is 5.46. The first-order valence-corrected chi connectivity index (χ1v) is 15.3. The minimum absolute atomic E-state index is 0.0605. The van der Waals surface area contributed by atoms with Gasteiger partial charge in [-0.25, -0.2) is 0 Å². The number of imide groups is 1. The fourth-order valence-electron chi connectivity index (χ4n) is 7.13. The van der Waals surface area contributed by atoms with Gasteiger partial charge in [0.25, 0.3) is 0 Å². The maximum absolute atomic E-state index is 13.6. The van der Waals surface area contributed by atoms with Gasteiger partial charge in [0.15, 0.2) is 0 Å². The summed E-state index contributed by atoms with van der Waals surface area (Å²) in [6, 6.07) is 3.92. The van der Waals surface area contributed by atoms with Gasteiger partial charge in [-0.3, -0.25) is 19.3 Å². The van der Waals surface area contributed by atoms with E-state index >= 15 is 0 Å². The summed E-state index contributed by atoms with van der Waals surface area (Å²) in [5.74, 6) is -2.56. The molecule has 0 unspecified atom stereocenters. The number of aliphatic hydroxyl groups is 1. The lowest BCUT2D eigenvalue weighted by Gasteiger charge is -2.43. The molecule has 0 aromatic heterocycles. The number of benzene rings is 1. The van der Waals surface area contributed by atoms with Gasteiger partial charge in [0.05, 0.1) is 24.5 Å². The zero-order valence-corrected chi connectivity index (χ0v) is 25.0. The Labute approximate surface area is 248 Å². The average Bonchev–Trinajstić information content (AvgIpc) is 3.18. The zero-order chi connectivity index (χ0) is 30.6. The summed E-state index contributed by atoms with van der Waals surface area (Å²) in [6.45, 7) is 5.90. The van der Waals surface area contributed by atoms with Crippen molar-refractivity contribution in [3.05, 3.63) is 45.5 Å². The summed E-state index contributed by atoms with van der Waals surface area (Å²) in [5, 5.41) is 40.1. The number of phenols is 1. The van der Waals surface area contributed by atoms with E-state index in [1.165, 1.54) is 10.5 Å². The quantitative estimate of drug-likeness (QED) is 0.116. The minimum atomic E-state index is -1.07. The van der Waals surface area contributed by atoms with Gasteiger partial charge >= 0.3 is 13.1 Å². The van der Waals surface area contributed by atoms with Crippen LogP contribution in [0, 0.1) is 31.6 Å². The van der Waals surface area contributed by atoms with Crippen LogP contribution >= 0.6 is 0 Å². The lowest BCUT2D eigenvalue weighted by molar-refractivity contribution is -0.141. The first kappa shape index (κ1) is 32.0. The highest BCUT2D eigenvalue weighted by atomic mass is 16.5. The molecule has 9 nitrogen and oxygen atoms in total. The monoisotopic (exact) mass is 581 g/mol. The van der Waals surface area contributed by atoms with E-state index in [2.05, 4.69) is 13.0 Å². The Kier molecular flexibility index (Phi) is 10.7. The average molecular weight is 582 g/mol. The number of fused-ring (bicyclic) bond motifs is 3. The van der Waals surface area contributed by atoms with Crippen LogP contribution in [0.5, 0.6) is 5.75 Å². The van der Waals surface area contributed by atoms with Crippen molar-refractivity contribution in [2.24, 2.45) is 17.8 Å². The number of carboxylic acids is 1. The number of aromatic hydroxyl groups is 1. The molecule has 10 heteroatoms. The second kappa shape index (κ2) is 14.0. The number of aliphatic carboxylic acids is 1. The molecule has 3 aliphatic rings. The first-order valence-electron chi connectivity index (χ1n) is 15.3. The van der Waals surface area contributed by atoms with Crippen molar-refractivity contribution in [1.82, 2.24) is 4.90 Å². The number of amides is 2. The second-order valence-electron chi connectivity index (χ2n) is 12.1. The number of carbonyl (C=O) groups excluding carboxylic acids is 2. The van der Waals surface area contributed by atoms with Crippen LogP contribution in [0.2, 0.25) is 6.32 Å². The molecule has 1 aromatic rings. The number of aryl methyl sites for hydroxylation is 2. The number of carboxylic acid groups (broad SMARTS) is 1. The van der Waals surface area contributed by atoms with Gasteiger partial charge in [0.1, 0.15) is 5.75 Å². The van der Waals surface area contributed by atoms with Crippen LogP contribution in [-0.4, -0.2) is 69.4 Å². The van der Waals surface area contributed by atoms with E-state index in [4.69, 9.17) is 9.76 Å². The SMILES string of the molecule is CCC/C(=C\c1cc(C)c(O)c(C)c1)CC[C@H]1OB(O)C[C@H]2C1=C(CO)C[C@H]1C(=O)N(CCCCCC(=O)O)C(=O)[C@H]12. The van der Waals surface area contributed by atoms with Gasteiger partial charge in [-0.15, -0.1) is 0 Å². The van der Waals surface area contributed by atoms with Crippen LogP contribution in [0.15, 0.2) is 28.9 Å². The van der Waals surface area contributed by atoms with Crippen LogP contribution in [0.25, 0.3) is 6.08 Å². The Bertz CT molecular complexity index is 1230. The summed E-state index contributed by atoms with van der Waals surface area (Å²) >= 11 is 0. The number of likely N-dealkylation sites (tertiary alicyclic amines) is 1. The third-order valence-corrected chi connectivity index (χ3v) is 9.05. The molecule has 4 N–H and O–H groups in total. The molecule has 2 amide bonds. The predicted molar refractivity (Wildman–Crippen MR) is 159 cm³/mol. The summed E-state index contributed by atoms with van der Waals surface area (Å²) in [6.07, 6.45) is 6.98. The van der Waals surface area contributed by atoms with E-state index in [0.717, 1.165) is 40.7 Å². The van der Waals surface area contributed by atoms with E-state index in [-0.39, 0.29) is 43.6 Å². The molecular weight excluding hydrogens is 537 g/mol. The van der Waals surface area contributed by atoms with Gasteiger partial charge in [0.2, 0.25) is 11.8 Å². The molecule has 0 bridgehead atoms. The third-order valence-electron chi connectivity index (χ3n) is 9.05. The van der Waals surface area contributed by atoms with Crippen LogP contribution in [0.4, 0.5) is 0 Å². The van der Waals surface area contributed by atoms with Crippen LogP contribution < -0.4 is 0 Å². The number of hydrogen-bond donors (Lipinski definition) is 4. The molecule has 0 radical (unpaired) electrons. The molecule has 0 saturated carbocycles.